The fraction of sp³-hybridized carbons (Fsp3) is 0.333. The van der Waals surface area contributed by atoms with Crippen LogP contribution in [0.15, 0.2) is 18.3 Å². The molecule has 0 saturated carbocycles. The molecule has 1 atom stereocenters. The number of rotatable bonds is 1. The summed E-state index contributed by atoms with van der Waals surface area (Å²) in [5.41, 5.74) is 0.865. The average molecular weight is 193 g/mol. The number of nitrogens with zero attached hydrogens (tertiary/aromatic N) is 1. The van der Waals surface area contributed by atoms with Crippen molar-refractivity contribution in [3.63, 3.8) is 0 Å². The van der Waals surface area contributed by atoms with E-state index in [1.165, 1.54) is 0 Å². The molecule has 0 bridgehead atoms. The van der Waals surface area contributed by atoms with Crippen LogP contribution in [-0.4, -0.2) is 23.2 Å². The van der Waals surface area contributed by atoms with Crippen molar-refractivity contribution in [1.82, 2.24) is 10.3 Å². The van der Waals surface area contributed by atoms with Crippen LogP contribution < -0.4 is 5.32 Å². The zero-order valence-electron chi connectivity index (χ0n) is 6.99. The summed E-state index contributed by atoms with van der Waals surface area (Å²) in [5, 5.41) is 2.70. The van der Waals surface area contributed by atoms with Crippen LogP contribution in [0.25, 0.3) is 0 Å². The van der Waals surface area contributed by atoms with Gasteiger partial charge in [0.15, 0.2) is 0 Å². The summed E-state index contributed by atoms with van der Waals surface area (Å²) in [6, 6.07) is 3.71. The van der Waals surface area contributed by atoms with Crippen molar-refractivity contribution in [2.45, 2.75) is 5.25 Å². The van der Waals surface area contributed by atoms with Gasteiger partial charge in [-0.15, -0.1) is 11.8 Å². The Labute approximate surface area is 80.9 Å². The van der Waals surface area contributed by atoms with E-state index in [9.17, 15) is 4.79 Å². The number of carbonyl (C=O) groups is 1. The maximum Gasteiger partial charge on any atom is 0.237 e. The number of pyridine rings is 1. The SMILES string of the molecule is O=C1NCCSC1c1[c]nccc1. The number of thioether (sulfide) groups is 1. The fourth-order valence-corrected chi connectivity index (χ4v) is 2.24. The van der Waals surface area contributed by atoms with Crippen LogP contribution in [0.5, 0.6) is 0 Å². The van der Waals surface area contributed by atoms with Crippen LogP contribution in [0.2, 0.25) is 0 Å². The maximum atomic E-state index is 11.4. The molecule has 1 aliphatic rings. The Balaban J connectivity index is 2.20. The van der Waals surface area contributed by atoms with Crippen molar-refractivity contribution in [2.75, 3.05) is 12.3 Å². The van der Waals surface area contributed by atoms with Gasteiger partial charge in [0.25, 0.3) is 0 Å². The molecule has 67 valence electrons. The molecule has 1 radical (unpaired) electrons. The van der Waals surface area contributed by atoms with E-state index in [4.69, 9.17) is 0 Å². The number of hydrogen-bond donors (Lipinski definition) is 1. The normalized spacial score (nSPS) is 22.5. The first-order valence-electron chi connectivity index (χ1n) is 4.10. The Hall–Kier alpha value is -1.03. The highest BCUT2D eigenvalue weighted by Crippen LogP contribution is 2.29. The molecule has 4 heteroatoms. The molecule has 0 aromatic carbocycles. The molecule has 1 saturated heterocycles. The van der Waals surface area contributed by atoms with Crippen LogP contribution in [-0.2, 0) is 4.79 Å². The molecular weight excluding hydrogens is 184 g/mol. The lowest BCUT2D eigenvalue weighted by Crippen LogP contribution is -2.34. The van der Waals surface area contributed by atoms with Gasteiger partial charge in [0, 0.05) is 24.1 Å². The molecule has 1 aromatic heterocycles. The second kappa shape index (κ2) is 3.79. The largest absolute Gasteiger partial charge is 0.354 e. The molecule has 1 amide bonds. The summed E-state index contributed by atoms with van der Waals surface area (Å²) in [4.78, 5) is 15.3. The molecule has 1 N–H and O–H groups in total. The number of amides is 1. The smallest absolute Gasteiger partial charge is 0.237 e. The predicted octanol–water partition coefficient (Wildman–Crippen LogP) is 0.786. The van der Waals surface area contributed by atoms with Crippen LogP contribution >= 0.6 is 11.8 Å². The third-order valence-corrected chi connectivity index (χ3v) is 3.08. The van der Waals surface area contributed by atoms with Gasteiger partial charge in [0.1, 0.15) is 5.25 Å². The molecule has 1 fully saturated rings. The number of nitrogens with one attached hydrogen (secondary N) is 1. The Morgan fingerprint density at radius 2 is 2.62 bits per heavy atom. The van der Waals surface area contributed by atoms with Crippen LogP contribution in [0, 0.1) is 6.20 Å². The zero-order chi connectivity index (χ0) is 9.10. The van der Waals surface area contributed by atoms with E-state index in [0.29, 0.717) is 0 Å². The van der Waals surface area contributed by atoms with Gasteiger partial charge in [0.05, 0.1) is 6.20 Å². The number of hydrogen-bond acceptors (Lipinski definition) is 3. The molecule has 2 heterocycles. The highest BCUT2D eigenvalue weighted by Gasteiger charge is 2.24. The molecule has 0 aliphatic carbocycles. The minimum absolute atomic E-state index is 0.0699. The predicted molar refractivity (Wildman–Crippen MR) is 51.3 cm³/mol. The van der Waals surface area contributed by atoms with Crippen LogP contribution in [0.4, 0.5) is 0 Å². The highest BCUT2D eigenvalue weighted by molar-refractivity contribution is 8.00. The van der Waals surface area contributed by atoms with E-state index in [1.54, 1.807) is 18.0 Å². The molecule has 1 aliphatic heterocycles. The summed E-state index contributed by atoms with van der Waals surface area (Å²) in [7, 11) is 0. The lowest BCUT2D eigenvalue weighted by atomic mass is 10.2. The fourth-order valence-electron chi connectivity index (χ4n) is 1.24. The van der Waals surface area contributed by atoms with Gasteiger partial charge in [-0.3, -0.25) is 9.78 Å². The molecule has 3 nitrogen and oxygen atoms in total. The van der Waals surface area contributed by atoms with Gasteiger partial charge >= 0.3 is 0 Å². The lowest BCUT2D eigenvalue weighted by molar-refractivity contribution is -0.120. The topological polar surface area (TPSA) is 42.0 Å². The summed E-state index contributed by atoms with van der Waals surface area (Å²) >= 11 is 1.64. The Bertz CT molecular complexity index is 302. The lowest BCUT2D eigenvalue weighted by Gasteiger charge is -2.20. The van der Waals surface area contributed by atoms with Gasteiger partial charge in [-0.25, -0.2) is 0 Å². The van der Waals surface area contributed by atoms with Crippen molar-refractivity contribution in [3.05, 3.63) is 30.1 Å². The average Bonchev–Trinajstić information content (AvgIpc) is 2.20. The van der Waals surface area contributed by atoms with Crippen molar-refractivity contribution in [1.29, 1.82) is 0 Å². The summed E-state index contributed by atoms with van der Waals surface area (Å²) in [5.74, 6) is 1.03. The van der Waals surface area contributed by atoms with E-state index < -0.39 is 0 Å². The quantitative estimate of drug-likeness (QED) is 0.717. The van der Waals surface area contributed by atoms with Crippen LogP contribution in [0.3, 0.4) is 0 Å². The second-order valence-electron chi connectivity index (χ2n) is 2.75. The second-order valence-corrected chi connectivity index (χ2v) is 3.96. The first-order valence-corrected chi connectivity index (χ1v) is 5.15. The third kappa shape index (κ3) is 1.83. The summed E-state index contributed by atoms with van der Waals surface area (Å²) in [6.07, 6.45) is 4.50. The summed E-state index contributed by atoms with van der Waals surface area (Å²) in [6.45, 7) is 0.764. The van der Waals surface area contributed by atoms with Crippen molar-refractivity contribution < 1.29 is 4.79 Å². The minimum atomic E-state index is -0.123. The molecule has 1 aromatic rings. The Kier molecular flexibility index (Phi) is 2.49. The van der Waals surface area contributed by atoms with Gasteiger partial charge in [-0.2, -0.15) is 0 Å². The molecule has 1 unspecified atom stereocenters. The van der Waals surface area contributed by atoms with Crippen molar-refractivity contribution in [3.8, 4) is 0 Å². The van der Waals surface area contributed by atoms with E-state index in [1.807, 2.05) is 12.1 Å². The van der Waals surface area contributed by atoms with Gasteiger partial charge < -0.3 is 5.32 Å². The molecule has 0 spiro atoms. The van der Waals surface area contributed by atoms with Crippen LogP contribution in [0.1, 0.15) is 10.8 Å². The first kappa shape index (κ1) is 8.56. The Morgan fingerprint density at radius 1 is 1.69 bits per heavy atom. The Morgan fingerprint density at radius 3 is 3.31 bits per heavy atom. The molecule has 2 rings (SSSR count). The van der Waals surface area contributed by atoms with E-state index in [2.05, 4.69) is 16.5 Å². The number of carbonyl (C=O) groups excluding carboxylic acids is 1. The monoisotopic (exact) mass is 193 g/mol. The maximum absolute atomic E-state index is 11.4. The first-order chi connectivity index (χ1) is 6.38. The molecular formula is C9H9N2OS. The van der Waals surface area contributed by atoms with E-state index in [-0.39, 0.29) is 11.2 Å². The molecule has 13 heavy (non-hydrogen) atoms. The highest BCUT2D eigenvalue weighted by atomic mass is 32.2. The number of aromatic nitrogens is 1. The van der Waals surface area contributed by atoms with Crippen molar-refractivity contribution >= 4 is 17.7 Å². The standard InChI is InChI=1S/C9H9N2OS/c12-9-8(13-5-4-11-9)7-2-1-3-10-6-7/h1-3,8H,4-5H2,(H,11,12). The third-order valence-electron chi connectivity index (χ3n) is 1.84. The summed E-state index contributed by atoms with van der Waals surface area (Å²) < 4.78 is 0. The zero-order valence-corrected chi connectivity index (χ0v) is 7.80. The van der Waals surface area contributed by atoms with E-state index >= 15 is 0 Å². The van der Waals surface area contributed by atoms with Gasteiger partial charge in [-0.1, -0.05) is 6.07 Å². The minimum Gasteiger partial charge on any atom is -0.354 e. The van der Waals surface area contributed by atoms with Gasteiger partial charge in [-0.05, 0) is 6.07 Å². The van der Waals surface area contributed by atoms with Crippen molar-refractivity contribution in [2.24, 2.45) is 0 Å². The van der Waals surface area contributed by atoms with E-state index in [0.717, 1.165) is 17.9 Å². The van der Waals surface area contributed by atoms with Gasteiger partial charge in [0.2, 0.25) is 5.91 Å².